The Bertz CT molecular complexity index is 1380. The maximum absolute atomic E-state index is 12.5. The van der Waals surface area contributed by atoms with Gasteiger partial charge in [0.25, 0.3) is 0 Å². The Morgan fingerprint density at radius 2 is 1.86 bits per heavy atom. The van der Waals surface area contributed by atoms with Crippen LogP contribution in [0.25, 0.3) is 33.7 Å². The number of ether oxygens (including phenoxy) is 2. The lowest BCUT2D eigenvalue weighted by atomic mass is 10.0. The Balaban J connectivity index is 1.64. The van der Waals surface area contributed by atoms with E-state index in [0.29, 0.717) is 28.5 Å². The number of fused-ring (bicyclic) bond motifs is 1. The van der Waals surface area contributed by atoms with Gasteiger partial charge in [-0.15, -0.1) is 0 Å². The molecular formula is C24H21F3N4O4. The number of alkyl halides is 3. The van der Waals surface area contributed by atoms with Crippen molar-refractivity contribution in [1.29, 1.82) is 0 Å². The van der Waals surface area contributed by atoms with Crippen molar-refractivity contribution in [3.8, 4) is 34.3 Å². The highest BCUT2D eigenvalue weighted by molar-refractivity contribution is 5.92. The van der Waals surface area contributed by atoms with E-state index >= 15 is 0 Å². The third-order valence-electron chi connectivity index (χ3n) is 5.06. The predicted molar refractivity (Wildman–Crippen MR) is 121 cm³/mol. The van der Waals surface area contributed by atoms with E-state index in [9.17, 15) is 23.1 Å². The summed E-state index contributed by atoms with van der Waals surface area (Å²) in [6.45, 7) is 5.12. The van der Waals surface area contributed by atoms with Crippen LogP contribution in [-0.4, -0.2) is 43.5 Å². The highest BCUT2D eigenvalue weighted by Gasteiger charge is 2.42. The lowest BCUT2D eigenvalue weighted by molar-refractivity contribution is -0.204. The summed E-state index contributed by atoms with van der Waals surface area (Å²) < 4.78 is 47.6. The highest BCUT2D eigenvalue weighted by atomic mass is 19.4. The average Bonchev–Trinajstić information content (AvgIpc) is 3.21. The largest absolute Gasteiger partial charge is 0.507 e. The van der Waals surface area contributed by atoms with Crippen LogP contribution in [-0.2, 0) is 9.53 Å². The highest BCUT2D eigenvalue weighted by Crippen LogP contribution is 2.34. The third-order valence-corrected chi connectivity index (χ3v) is 5.06. The number of nitrogens with zero attached hydrogens (tertiary/aromatic N) is 3. The molecule has 0 bridgehead atoms. The zero-order chi connectivity index (χ0) is 25.3. The topological polar surface area (TPSA) is 110 Å². The monoisotopic (exact) mass is 486 g/mol. The number of aromatic nitrogens is 4. The number of halogens is 3. The minimum absolute atomic E-state index is 0.00646. The Labute approximate surface area is 197 Å². The first-order valence-corrected chi connectivity index (χ1v) is 10.6. The molecule has 0 aliphatic rings. The number of carbonyl (C=O) groups is 1. The van der Waals surface area contributed by atoms with Gasteiger partial charge < -0.3 is 14.6 Å². The van der Waals surface area contributed by atoms with E-state index in [4.69, 9.17) is 4.74 Å². The molecular weight excluding hydrogens is 465 g/mol. The Morgan fingerprint density at radius 3 is 2.54 bits per heavy atom. The van der Waals surface area contributed by atoms with E-state index in [1.807, 2.05) is 32.0 Å². The summed E-state index contributed by atoms with van der Waals surface area (Å²) in [5.74, 6) is -1.59. The van der Waals surface area contributed by atoms with Crippen molar-refractivity contribution >= 4 is 16.9 Å². The molecule has 11 heteroatoms. The van der Waals surface area contributed by atoms with Crippen molar-refractivity contribution < 1.29 is 32.5 Å². The predicted octanol–water partition coefficient (Wildman–Crippen LogP) is 5.35. The molecule has 0 amide bonds. The number of nitrogens with one attached hydrogen (secondary N) is 1. The fraction of sp³-hybridized carbons (Fsp3) is 0.250. The van der Waals surface area contributed by atoms with E-state index in [1.165, 1.54) is 31.3 Å². The first kappa shape index (κ1) is 24.0. The van der Waals surface area contributed by atoms with Gasteiger partial charge in [0.2, 0.25) is 0 Å². The molecule has 8 nitrogen and oxygen atoms in total. The van der Waals surface area contributed by atoms with E-state index in [2.05, 4.69) is 24.9 Å². The molecule has 4 aromatic rings. The minimum Gasteiger partial charge on any atom is -0.507 e. The van der Waals surface area contributed by atoms with Crippen LogP contribution >= 0.6 is 0 Å². The normalized spacial score (nSPS) is 12.7. The first-order chi connectivity index (χ1) is 16.5. The number of benzene rings is 2. The number of rotatable bonds is 6. The fourth-order valence-corrected chi connectivity index (χ4v) is 3.45. The van der Waals surface area contributed by atoms with Crippen molar-refractivity contribution in [3.63, 3.8) is 0 Å². The molecule has 182 valence electrons. The first-order valence-electron chi connectivity index (χ1n) is 10.6. The Hall–Kier alpha value is -4.15. The van der Waals surface area contributed by atoms with Gasteiger partial charge in [0.1, 0.15) is 23.3 Å². The number of phenolic OH excluding ortho intramolecular Hbond substituents is 1. The molecule has 0 aliphatic heterocycles. The summed E-state index contributed by atoms with van der Waals surface area (Å²) in [7, 11) is 0. The second-order valence-electron chi connectivity index (χ2n) is 8.03. The maximum Gasteiger partial charge on any atom is 0.490 e. The third kappa shape index (κ3) is 5.18. The number of hydrogen-bond acceptors (Lipinski definition) is 7. The Morgan fingerprint density at radius 1 is 1.09 bits per heavy atom. The molecule has 0 radical (unpaired) electrons. The van der Waals surface area contributed by atoms with Crippen molar-refractivity contribution in [1.82, 2.24) is 20.2 Å². The summed E-state index contributed by atoms with van der Waals surface area (Å²) in [5.41, 5.74) is 2.12. The summed E-state index contributed by atoms with van der Waals surface area (Å²) in [5, 5.41) is 18.5. The van der Waals surface area contributed by atoms with Gasteiger partial charge in [0.15, 0.2) is 5.82 Å². The van der Waals surface area contributed by atoms with Crippen molar-refractivity contribution in [2.75, 3.05) is 0 Å². The summed E-state index contributed by atoms with van der Waals surface area (Å²) in [4.78, 5) is 19.9. The average molecular weight is 486 g/mol. The van der Waals surface area contributed by atoms with Gasteiger partial charge in [-0.05, 0) is 62.7 Å². The van der Waals surface area contributed by atoms with Gasteiger partial charge in [-0.25, -0.2) is 14.8 Å². The molecule has 2 N–H and O–H groups in total. The van der Waals surface area contributed by atoms with Crippen LogP contribution in [0, 0.1) is 0 Å². The second kappa shape index (κ2) is 9.24. The molecule has 2 heterocycles. The van der Waals surface area contributed by atoms with Crippen LogP contribution in [0.2, 0.25) is 0 Å². The lowest BCUT2D eigenvalue weighted by Gasteiger charge is -2.16. The summed E-state index contributed by atoms with van der Waals surface area (Å²) in [6.07, 6.45) is -4.82. The van der Waals surface area contributed by atoms with Crippen LogP contribution in [0.15, 0.2) is 48.7 Å². The van der Waals surface area contributed by atoms with Crippen LogP contribution in [0.1, 0.15) is 32.4 Å². The molecule has 2 aromatic heterocycles. The smallest absolute Gasteiger partial charge is 0.490 e. The Kier molecular flexibility index (Phi) is 6.33. The molecule has 0 saturated carbocycles. The molecule has 1 atom stereocenters. The van der Waals surface area contributed by atoms with E-state index in [1.54, 1.807) is 6.07 Å². The van der Waals surface area contributed by atoms with Crippen molar-refractivity contribution in [2.24, 2.45) is 0 Å². The zero-order valence-corrected chi connectivity index (χ0v) is 18.9. The van der Waals surface area contributed by atoms with Crippen LogP contribution in [0.5, 0.6) is 11.5 Å². The number of phenols is 1. The molecule has 2 aromatic carbocycles. The summed E-state index contributed by atoms with van der Waals surface area (Å²) in [6, 6.07) is 11.2. The maximum atomic E-state index is 12.5. The van der Waals surface area contributed by atoms with Crippen LogP contribution in [0.3, 0.4) is 0 Å². The number of H-pyrrole nitrogens is 1. The molecule has 1 unspecified atom stereocenters. The fourth-order valence-electron chi connectivity index (χ4n) is 3.45. The number of hydrogen-bond donors (Lipinski definition) is 2. The van der Waals surface area contributed by atoms with Gasteiger partial charge >= 0.3 is 12.1 Å². The van der Waals surface area contributed by atoms with Crippen LogP contribution in [0.4, 0.5) is 13.2 Å². The molecule has 4 rings (SSSR count). The number of aromatic hydroxyl groups is 1. The van der Waals surface area contributed by atoms with E-state index < -0.39 is 18.2 Å². The number of aromatic amines is 1. The minimum atomic E-state index is -5.11. The van der Waals surface area contributed by atoms with Gasteiger partial charge in [-0.1, -0.05) is 6.07 Å². The zero-order valence-electron chi connectivity index (χ0n) is 18.9. The number of esters is 1. The van der Waals surface area contributed by atoms with E-state index in [0.717, 1.165) is 10.9 Å². The van der Waals surface area contributed by atoms with E-state index in [-0.39, 0.29) is 17.4 Å². The molecule has 0 spiro atoms. The summed E-state index contributed by atoms with van der Waals surface area (Å²) >= 11 is 0. The van der Waals surface area contributed by atoms with Crippen molar-refractivity contribution in [3.05, 3.63) is 54.2 Å². The van der Waals surface area contributed by atoms with Crippen molar-refractivity contribution in [2.45, 2.75) is 39.2 Å². The molecule has 0 fully saturated rings. The van der Waals surface area contributed by atoms with Crippen LogP contribution < -0.4 is 4.74 Å². The SMILES string of the molecule is CC(C)Oc1ccc2[nH]nc(-c3nccc(-c4ccc(C(C)OC(=O)C(F)(F)F)cc4O)n3)c2c1. The van der Waals surface area contributed by atoms with Gasteiger partial charge in [0.05, 0.1) is 17.3 Å². The van der Waals surface area contributed by atoms with Gasteiger partial charge in [-0.2, -0.15) is 18.3 Å². The molecule has 35 heavy (non-hydrogen) atoms. The quantitative estimate of drug-likeness (QED) is 0.354. The van der Waals surface area contributed by atoms with Gasteiger partial charge in [0, 0.05) is 17.1 Å². The van der Waals surface area contributed by atoms with Gasteiger partial charge in [-0.3, -0.25) is 5.10 Å². The molecule has 0 saturated heterocycles. The lowest BCUT2D eigenvalue weighted by Crippen LogP contribution is -2.26. The second-order valence-corrected chi connectivity index (χ2v) is 8.03. The number of carbonyl (C=O) groups excluding carboxylic acids is 1. The molecule has 0 aliphatic carbocycles. The standard InChI is InChI=1S/C24H21F3N4O4/c1-12(2)34-15-5-7-19-17(11-15)21(31-30-19)22-28-9-8-18(29-22)16-6-4-14(10-20(16)32)13(3)35-23(33)24(25,26)27/h4-13,32H,1-3H3,(H,30,31).